The number of aromatic nitrogens is 2. The van der Waals surface area contributed by atoms with Crippen molar-refractivity contribution in [2.24, 2.45) is 0 Å². The maximum absolute atomic E-state index is 13.6. The Morgan fingerprint density at radius 1 is 1.03 bits per heavy atom. The second-order valence-electron chi connectivity index (χ2n) is 7.72. The summed E-state index contributed by atoms with van der Waals surface area (Å²) in [5, 5.41) is 3.08. The Bertz CT molecular complexity index is 1250. The molecule has 3 aromatic carbocycles. The number of rotatable bonds is 7. The first-order chi connectivity index (χ1) is 16.0. The van der Waals surface area contributed by atoms with E-state index in [9.17, 15) is 9.18 Å². The van der Waals surface area contributed by atoms with Crippen LogP contribution in [0.1, 0.15) is 35.9 Å². The number of thioether (sulfide) groups is 1. The van der Waals surface area contributed by atoms with Crippen LogP contribution >= 0.6 is 11.8 Å². The molecule has 0 fully saturated rings. The molecule has 4 nitrogen and oxygen atoms in total. The lowest BCUT2D eigenvalue weighted by Gasteiger charge is -2.16. The predicted octanol–water partition coefficient (Wildman–Crippen LogP) is 6.59. The zero-order valence-corrected chi connectivity index (χ0v) is 19.7. The van der Waals surface area contributed by atoms with E-state index in [-0.39, 0.29) is 17.8 Å². The largest absolute Gasteiger partial charge is 0.344 e. The lowest BCUT2D eigenvalue weighted by molar-refractivity contribution is 0.0931. The Balaban J connectivity index is 1.81. The minimum atomic E-state index is -0.301. The van der Waals surface area contributed by atoms with E-state index in [2.05, 4.69) is 11.4 Å². The van der Waals surface area contributed by atoms with E-state index >= 15 is 0 Å². The van der Waals surface area contributed by atoms with Gasteiger partial charge in [-0.05, 0) is 49.9 Å². The molecule has 0 saturated heterocycles. The first kappa shape index (κ1) is 22.8. The summed E-state index contributed by atoms with van der Waals surface area (Å²) in [7, 11) is 0. The van der Waals surface area contributed by atoms with Gasteiger partial charge in [0.15, 0.2) is 0 Å². The molecule has 0 aliphatic rings. The molecule has 1 aromatic heterocycles. The fourth-order valence-electron chi connectivity index (χ4n) is 3.87. The molecule has 0 saturated carbocycles. The summed E-state index contributed by atoms with van der Waals surface area (Å²) in [6.07, 6.45) is 2.02. The average Bonchev–Trinajstić information content (AvgIpc) is 3.25. The number of nitrogens with zero attached hydrogens (tertiary/aromatic N) is 2. The topological polar surface area (TPSA) is 46.9 Å². The van der Waals surface area contributed by atoms with E-state index in [1.54, 1.807) is 23.9 Å². The Hall–Kier alpha value is -3.38. The molecule has 0 radical (unpaired) electrons. The van der Waals surface area contributed by atoms with E-state index in [1.807, 2.05) is 73.2 Å². The molecule has 0 bridgehead atoms. The van der Waals surface area contributed by atoms with Gasteiger partial charge in [0.25, 0.3) is 5.91 Å². The van der Waals surface area contributed by atoms with Crippen LogP contribution in [0.4, 0.5) is 4.39 Å². The van der Waals surface area contributed by atoms with E-state index in [0.717, 1.165) is 27.4 Å². The first-order valence-corrected chi connectivity index (χ1v) is 12.1. The second-order valence-corrected chi connectivity index (χ2v) is 8.60. The van der Waals surface area contributed by atoms with Crippen LogP contribution in [0.3, 0.4) is 0 Å². The molecule has 0 aliphatic carbocycles. The molecule has 1 heterocycles. The fraction of sp³-hybridized carbons (Fsp3) is 0.185. The molecule has 4 rings (SSSR count). The van der Waals surface area contributed by atoms with Gasteiger partial charge in [0.2, 0.25) is 0 Å². The normalized spacial score (nSPS) is 11.9. The molecule has 1 atom stereocenters. The molecule has 1 N–H and O–H groups in total. The van der Waals surface area contributed by atoms with Crippen LogP contribution in [0.2, 0.25) is 0 Å². The van der Waals surface area contributed by atoms with E-state index < -0.39 is 0 Å². The van der Waals surface area contributed by atoms with E-state index in [0.29, 0.717) is 17.9 Å². The molecular formula is C27H26FN3OS. The number of benzene rings is 3. The zero-order valence-electron chi connectivity index (χ0n) is 18.9. The van der Waals surface area contributed by atoms with Gasteiger partial charge in [0.1, 0.15) is 23.0 Å². The third-order valence-corrected chi connectivity index (χ3v) is 6.32. The highest BCUT2D eigenvalue weighted by atomic mass is 32.2. The van der Waals surface area contributed by atoms with Crippen LogP contribution in [-0.2, 0) is 6.54 Å². The van der Waals surface area contributed by atoms with Gasteiger partial charge in [-0.2, -0.15) is 0 Å². The van der Waals surface area contributed by atoms with Crippen molar-refractivity contribution in [2.45, 2.75) is 31.3 Å². The van der Waals surface area contributed by atoms with Gasteiger partial charge in [-0.1, -0.05) is 54.6 Å². The number of halogens is 1. The molecule has 168 valence electrons. The van der Waals surface area contributed by atoms with Crippen molar-refractivity contribution < 1.29 is 9.18 Å². The van der Waals surface area contributed by atoms with Crippen molar-refractivity contribution in [3.05, 3.63) is 95.9 Å². The molecule has 1 amide bonds. The Labute approximate surface area is 197 Å². The van der Waals surface area contributed by atoms with Gasteiger partial charge < -0.3 is 9.88 Å². The molecule has 0 spiro atoms. The van der Waals surface area contributed by atoms with Crippen LogP contribution in [0.25, 0.3) is 22.6 Å². The summed E-state index contributed by atoms with van der Waals surface area (Å²) in [6, 6.07) is 23.9. The second kappa shape index (κ2) is 10.0. The Morgan fingerprint density at radius 2 is 1.73 bits per heavy atom. The lowest BCUT2D eigenvalue weighted by Crippen LogP contribution is -2.29. The maximum atomic E-state index is 13.6. The minimum Gasteiger partial charge on any atom is -0.344 e. The standard InChI is InChI=1S/C27H26FN3OS/c1-4-31-25(27(32)29-18(2)19-13-15-22(28)16-14-19)24(21-11-8-12-23(17-21)33-3)30-26(31)20-9-6-5-7-10-20/h5-18H,4H2,1-3H3,(H,29,32). The number of imidazole rings is 1. The number of carbonyl (C=O) groups is 1. The number of hydrogen-bond acceptors (Lipinski definition) is 3. The molecule has 0 aliphatic heterocycles. The van der Waals surface area contributed by atoms with Crippen LogP contribution < -0.4 is 5.32 Å². The molecule has 4 aromatic rings. The summed E-state index contributed by atoms with van der Waals surface area (Å²) in [5.41, 5.74) is 3.85. The van der Waals surface area contributed by atoms with Crippen LogP contribution in [0, 0.1) is 5.82 Å². The van der Waals surface area contributed by atoms with Crippen molar-refractivity contribution in [1.82, 2.24) is 14.9 Å². The average molecular weight is 460 g/mol. The van der Waals surface area contributed by atoms with Crippen LogP contribution in [-0.4, -0.2) is 21.7 Å². The van der Waals surface area contributed by atoms with E-state index in [4.69, 9.17) is 4.98 Å². The molecular weight excluding hydrogens is 433 g/mol. The van der Waals surface area contributed by atoms with Gasteiger partial charge in [0, 0.05) is 22.6 Å². The molecule has 33 heavy (non-hydrogen) atoms. The smallest absolute Gasteiger partial charge is 0.270 e. The maximum Gasteiger partial charge on any atom is 0.270 e. The summed E-state index contributed by atoms with van der Waals surface area (Å²) < 4.78 is 15.3. The van der Waals surface area contributed by atoms with Crippen molar-refractivity contribution in [2.75, 3.05) is 6.26 Å². The Kier molecular flexibility index (Phi) is 6.94. The lowest BCUT2D eigenvalue weighted by atomic mass is 10.1. The Morgan fingerprint density at radius 3 is 2.39 bits per heavy atom. The van der Waals surface area contributed by atoms with E-state index in [1.165, 1.54) is 12.1 Å². The third-order valence-electron chi connectivity index (χ3n) is 5.59. The van der Waals surface area contributed by atoms with Gasteiger partial charge >= 0.3 is 0 Å². The van der Waals surface area contributed by atoms with Crippen molar-refractivity contribution in [1.29, 1.82) is 0 Å². The first-order valence-electron chi connectivity index (χ1n) is 10.9. The molecule has 1 unspecified atom stereocenters. The van der Waals surface area contributed by atoms with Crippen molar-refractivity contribution in [3.63, 3.8) is 0 Å². The summed E-state index contributed by atoms with van der Waals surface area (Å²) in [5.74, 6) is 0.236. The van der Waals surface area contributed by atoms with Gasteiger partial charge in [-0.15, -0.1) is 11.8 Å². The van der Waals surface area contributed by atoms with Crippen LogP contribution in [0.5, 0.6) is 0 Å². The third kappa shape index (κ3) is 4.86. The number of nitrogens with one attached hydrogen (secondary N) is 1. The monoisotopic (exact) mass is 459 g/mol. The van der Waals surface area contributed by atoms with Crippen molar-refractivity contribution in [3.8, 4) is 22.6 Å². The quantitative estimate of drug-likeness (QED) is 0.317. The number of amides is 1. The predicted molar refractivity (Wildman–Crippen MR) is 133 cm³/mol. The summed E-state index contributed by atoms with van der Waals surface area (Å²) in [4.78, 5) is 19.7. The van der Waals surface area contributed by atoms with Gasteiger partial charge in [-0.25, -0.2) is 9.37 Å². The summed E-state index contributed by atoms with van der Waals surface area (Å²) >= 11 is 1.65. The summed E-state index contributed by atoms with van der Waals surface area (Å²) in [6.45, 7) is 4.49. The fourth-order valence-corrected chi connectivity index (χ4v) is 4.33. The van der Waals surface area contributed by atoms with Crippen molar-refractivity contribution >= 4 is 17.7 Å². The zero-order chi connectivity index (χ0) is 23.4. The minimum absolute atomic E-state index is 0.215. The van der Waals surface area contributed by atoms with Gasteiger partial charge in [0.05, 0.1) is 6.04 Å². The van der Waals surface area contributed by atoms with Gasteiger partial charge in [-0.3, -0.25) is 4.79 Å². The number of hydrogen-bond donors (Lipinski definition) is 1. The highest BCUT2D eigenvalue weighted by Crippen LogP contribution is 2.32. The molecule has 6 heteroatoms. The SMILES string of the molecule is CCn1c(-c2ccccc2)nc(-c2cccc(SC)c2)c1C(=O)NC(C)c1ccc(F)cc1. The highest BCUT2D eigenvalue weighted by Gasteiger charge is 2.25. The van der Waals surface area contributed by atoms with Crippen LogP contribution in [0.15, 0.2) is 83.8 Å². The highest BCUT2D eigenvalue weighted by molar-refractivity contribution is 7.98. The number of carbonyl (C=O) groups excluding carboxylic acids is 1.